The number of nitrogens with one attached hydrogen (secondary N) is 1. The second kappa shape index (κ2) is 9.43. The summed E-state index contributed by atoms with van der Waals surface area (Å²) in [5.41, 5.74) is 0.765. The number of benzene rings is 2. The molecule has 1 heterocycles. The maximum atomic E-state index is 14.6. The molecular formula is C22H24Cl2FNO3. The molecule has 0 unspecified atom stereocenters. The third-order valence-corrected chi connectivity index (χ3v) is 5.61. The van der Waals surface area contributed by atoms with Gasteiger partial charge in [0.25, 0.3) is 0 Å². The van der Waals surface area contributed by atoms with Gasteiger partial charge in [0.1, 0.15) is 5.82 Å². The summed E-state index contributed by atoms with van der Waals surface area (Å²) in [5.74, 6) is -0.534. The molecule has 156 valence electrons. The van der Waals surface area contributed by atoms with Crippen molar-refractivity contribution in [2.24, 2.45) is 0 Å². The lowest BCUT2D eigenvalue weighted by atomic mass is 9.81. The zero-order valence-corrected chi connectivity index (χ0v) is 17.9. The van der Waals surface area contributed by atoms with Crippen LogP contribution >= 0.6 is 23.2 Å². The van der Waals surface area contributed by atoms with Crippen molar-refractivity contribution in [2.45, 2.75) is 43.9 Å². The van der Waals surface area contributed by atoms with Crippen molar-refractivity contribution in [1.82, 2.24) is 5.32 Å². The summed E-state index contributed by atoms with van der Waals surface area (Å²) in [5, 5.41) is 4.05. The molecule has 1 saturated heterocycles. The highest BCUT2D eigenvalue weighted by atomic mass is 35.5. The fraction of sp³-hybridized carbons (Fsp3) is 0.409. The van der Waals surface area contributed by atoms with Crippen molar-refractivity contribution >= 4 is 29.1 Å². The summed E-state index contributed by atoms with van der Waals surface area (Å²) in [4.78, 5) is 12.4. The molecule has 0 aromatic heterocycles. The normalized spacial score (nSPS) is 24.3. The van der Waals surface area contributed by atoms with Gasteiger partial charge in [-0.1, -0.05) is 41.4 Å². The molecule has 0 saturated carbocycles. The minimum atomic E-state index is -0.579. The highest BCUT2D eigenvalue weighted by molar-refractivity contribution is 6.30. The summed E-state index contributed by atoms with van der Waals surface area (Å²) < 4.78 is 25.9. The number of carbonyl (C=O) groups excluding carboxylic acids is 1. The van der Waals surface area contributed by atoms with E-state index in [0.29, 0.717) is 35.1 Å². The Kier molecular flexibility index (Phi) is 7.17. The molecule has 29 heavy (non-hydrogen) atoms. The van der Waals surface area contributed by atoms with E-state index in [1.807, 2.05) is 19.1 Å². The predicted molar refractivity (Wildman–Crippen MR) is 112 cm³/mol. The number of rotatable bonds is 6. The monoisotopic (exact) mass is 439 g/mol. The first kappa shape index (κ1) is 22.0. The number of methoxy groups -OCH3 is 1. The minimum absolute atomic E-state index is 0.110. The first-order valence-corrected chi connectivity index (χ1v) is 10.2. The minimum Gasteiger partial charge on any atom is -0.384 e. The van der Waals surface area contributed by atoms with Gasteiger partial charge in [0.2, 0.25) is 5.91 Å². The van der Waals surface area contributed by atoms with Crippen LogP contribution in [0, 0.1) is 5.82 Å². The molecule has 4 nitrogen and oxygen atoms in total. The number of carbonyl (C=O) groups is 1. The van der Waals surface area contributed by atoms with Crippen LogP contribution < -0.4 is 5.32 Å². The second-order valence-electron chi connectivity index (χ2n) is 7.59. The van der Waals surface area contributed by atoms with Crippen LogP contribution in [0.15, 0.2) is 42.5 Å². The van der Waals surface area contributed by atoms with E-state index in [1.54, 1.807) is 31.4 Å². The lowest BCUT2D eigenvalue weighted by Gasteiger charge is -2.43. The van der Waals surface area contributed by atoms with E-state index in [-0.39, 0.29) is 18.4 Å². The molecular weight excluding hydrogens is 416 g/mol. The molecule has 1 aliphatic heterocycles. The first-order valence-electron chi connectivity index (χ1n) is 9.45. The smallest absolute Gasteiger partial charge is 0.222 e. The average Bonchev–Trinajstić information content (AvgIpc) is 2.66. The molecule has 3 atom stereocenters. The molecule has 0 radical (unpaired) electrons. The lowest BCUT2D eigenvalue weighted by Crippen LogP contribution is -2.51. The Labute approximate surface area is 180 Å². The second-order valence-corrected chi connectivity index (χ2v) is 8.46. The van der Waals surface area contributed by atoms with Gasteiger partial charge in [-0.2, -0.15) is 0 Å². The Morgan fingerprint density at radius 3 is 2.48 bits per heavy atom. The Bertz CT molecular complexity index is 862. The zero-order valence-electron chi connectivity index (χ0n) is 16.4. The molecule has 1 N–H and O–H groups in total. The van der Waals surface area contributed by atoms with E-state index in [4.69, 9.17) is 32.7 Å². The topological polar surface area (TPSA) is 47.6 Å². The fourth-order valence-electron chi connectivity index (χ4n) is 3.71. The number of ether oxygens (including phenoxy) is 2. The van der Waals surface area contributed by atoms with Crippen molar-refractivity contribution in [3.05, 3.63) is 69.5 Å². The van der Waals surface area contributed by atoms with E-state index >= 15 is 0 Å². The van der Waals surface area contributed by atoms with Gasteiger partial charge in [-0.3, -0.25) is 4.79 Å². The van der Waals surface area contributed by atoms with E-state index in [1.165, 1.54) is 6.07 Å². The average molecular weight is 440 g/mol. The highest BCUT2D eigenvalue weighted by Crippen LogP contribution is 2.44. The van der Waals surface area contributed by atoms with Crippen molar-refractivity contribution in [3.63, 3.8) is 0 Å². The van der Waals surface area contributed by atoms with Gasteiger partial charge in [-0.25, -0.2) is 4.39 Å². The molecule has 1 aliphatic rings. The van der Waals surface area contributed by atoms with Crippen LogP contribution in [-0.4, -0.2) is 25.2 Å². The molecule has 7 heteroatoms. The summed E-state index contributed by atoms with van der Waals surface area (Å²) in [6, 6.07) is 11.9. The van der Waals surface area contributed by atoms with Gasteiger partial charge < -0.3 is 14.8 Å². The van der Waals surface area contributed by atoms with E-state index in [2.05, 4.69) is 5.32 Å². The number of hydrogen-bond donors (Lipinski definition) is 1. The number of hydrogen-bond acceptors (Lipinski definition) is 3. The maximum absolute atomic E-state index is 14.6. The molecule has 2 aromatic rings. The summed E-state index contributed by atoms with van der Waals surface area (Å²) in [6.45, 7) is 2.30. The van der Waals surface area contributed by atoms with E-state index in [9.17, 15) is 9.18 Å². The van der Waals surface area contributed by atoms with Crippen LogP contribution in [0.2, 0.25) is 10.0 Å². The highest BCUT2D eigenvalue weighted by Gasteiger charge is 2.41. The van der Waals surface area contributed by atoms with Crippen LogP contribution in [0.25, 0.3) is 0 Å². The van der Waals surface area contributed by atoms with Gasteiger partial charge in [-0.15, -0.1) is 0 Å². The van der Waals surface area contributed by atoms with Crippen LogP contribution in [-0.2, 0) is 14.3 Å². The van der Waals surface area contributed by atoms with E-state index < -0.39 is 17.5 Å². The van der Waals surface area contributed by atoms with Gasteiger partial charge in [-0.05, 0) is 36.8 Å². The third kappa shape index (κ3) is 5.70. The molecule has 3 rings (SSSR count). The standard InChI is InChI=1S/C22H24Cl2FNO3/c1-22(26-21(27)9-10-28-2)12-19(14-3-5-15(23)6-4-14)29-20(13-22)17-8-7-16(24)11-18(17)25/h3-8,11,19-20H,9-10,12-13H2,1-2H3,(H,26,27)/t19-,20+,22-/m0/s1. The molecule has 0 bridgehead atoms. The Morgan fingerprint density at radius 2 is 1.83 bits per heavy atom. The third-order valence-electron chi connectivity index (χ3n) is 5.13. The summed E-state index contributed by atoms with van der Waals surface area (Å²) in [7, 11) is 1.55. The Balaban J connectivity index is 1.90. The molecule has 1 amide bonds. The largest absolute Gasteiger partial charge is 0.384 e. The quantitative estimate of drug-likeness (QED) is 0.633. The van der Waals surface area contributed by atoms with Gasteiger partial charge in [0.05, 0.1) is 18.8 Å². The number of halogens is 3. The molecule has 2 aromatic carbocycles. The SMILES string of the molecule is COCCC(=O)N[C@@]1(C)C[C@@H](c2ccc(Cl)cc2)O[C@@H](c2ccc(Cl)cc2F)C1. The van der Waals surface area contributed by atoms with Crippen LogP contribution in [0.5, 0.6) is 0 Å². The first-order chi connectivity index (χ1) is 13.8. The van der Waals surface area contributed by atoms with Crippen molar-refractivity contribution < 1.29 is 18.7 Å². The lowest BCUT2D eigenvalue weighted by molar-refractivity contribution is -0.129. The van der Waals surface area contributed by atoms with Crippen LogP contribution in [0.1, 0.15) is 49.5 Å². The molecule has 0 aliphatic carbocycles. The summed E-state index contributed by atoms with van der Waals surface area (Å²) in [6.07, 6.45) is 0.398. The van der Waals surface area contributed by atoms with Crippen LogP contribution in [0.4, 0.5) is 4.39 Å². The van der Waals surface area contributed by atoms with Crippen molar-refractivity contribution in [1.29, 1.82) is 0 Å². The Hall–Kier alpha value is -1.66. The van der Waals surface area contributed by atoms with Gasteiger partial charge in [0.15, 0.2) is 0 Å². The fourth-order valence-corrected chi connectivity index (χ4v) is 4.00. The van der Waals surface area contributed by atoms with E-state index in [0.717, 1.165) is 5.56 Å². The van der Waals surface area contributed by atoms with Crippen LogP contribution in [0.3, 0.4) is 0 Å². The van der Waals surface area contributed by atoms with Gasteiger partial charge in [0, 0.05) is 47.5 Å². The number of amides is 1. The Morgan fingerprint density at radius 1 is 1.17 bits per heavy atom. The molecule has 1 fully saturated rings. The van der Waals surface area contributed by atoms with Crippen molar-refractivity contribution in [2.75, 3.05) is 13.7 Å². The maximum Gasteiger partial charge on any atom is 0.222 e. The predicted octanol–water partition coefficient (Wildman–Crippen LogP) is 5.64. The summed E-state index contributed by atoms with van der Waals surface area (Å²) >= 11 is 11.9. The van der Waals surface area contributed by atoms with Crippen molar-refractivity contribution in [3.8, 4) is 0 Å². The van der Waals surface area contributed by atoms with Gasteiger partial charge >= 0.3 is 0 Å². The molecule has 0 spiro atoms. The zero-order chi connectivity index (χ0) is 21.0.